The van der Waals surface area contributed by atoms with Crippen LogP contribution in [0.4, 0.5) is 17.2 Å². The molecule has 0 aliphatic rings. The van der Waals surface area contributed by atoms with E-state index in [0.29, 0.717) is 11.5 Å². The summed E-state index contributed by atoms with van der Waals surface area (Å²) in [6, 6.07) is 0. The molecule has 0 saturated heterocycles. The molecule has 1 heterocycles. The lowest BCUT2D eigenvalue weighted by Gasteiger charge is -2.09. The number of nitrogens with zero attached hydrogens (tertiary/aromatic N) is 4. The SMILES string of the molecule is [C-]#[N+]c1c(N(C)C)c[nH]c1/N=C/N(C)C. The minimum absolute atomic E-state index is 0.554. The van der Waals surface area contributed by atoms with Crippen molar-refractivity contribution in [1.82, 2.24) is 9.88 Å². The summed E-state index contributed by atoms with van der Waals surface area (Å²) in [6.45, 7) is 7.11. The Balaban J connectivity index is 3.06. The van der Waals surface area contributed by atoms with Gasteiger partial charge in [0.15, 0.2) is 0 Å². The van der Waals surface area contributed by atoms with Crippen molar-refractivity contribution in [2.75, 3.05) is 33.1 Å². The molecule has 0 amide bonds. The predicted molar refractivity (Wildman–Crippen MR) is 63.2 cm³/mol. The second-order valence-electron chi connectivity index (χ2n) is 3.59. The highest BCUT2D eigenvalue weighted by molar-refractivity contribution is 5.82. The molecule has 0 aliphatic heterocycles. The fourth-order valence-corrected chi connectivity index (χ4v) is 1.12. The fourth-order valence-electron chi connectivity index (χ4n) is 1.12. The van der Waals surface area contributed by atoms with Crippen LogP contribution in [-0.2, 0) is 0 Å². The number of aromatic nitrogens is 1. The second kappa shape index (κ2) is 4.51. The van der Waals surface area contributed by atoms with E-state index in [9.17, 15) is 0 Å². The zero-order valence-electron chi connectivity index (χ0n) is 9.44. The first-order valence-corrected chi connectivity index (χ1v) is 4.53. The van der Waals surface area contributed by atoms with Gasteiger partial charge in [0, 0.05) is 34.4 Å². The Bertz CT molecular complexity index is 394. The van der Waals surface area contributed by atoms with E-state index in [1.54, 1.807) is 12.5 Å². The molecule has 0 aliphatic carbocycles. The summed E-state index contributed by atoms with van der Waals surface area (Å²) in [4.78, 5) is 14.4. The Hall–Kier alpha value is -1.96. The van der Waals surface area contributed by atoms with E-state index >= 15 is 0 Å². The summed E-state index contributed by atoms with van der Waals surface area (Å²) in [6.07, 6.45) is 3.45. The number of aliphatic imine (C=N–C) groups is 1. The molecule has 0 aromatic carbocycles. The Morgan fingerprint density at radius 1 is 1.40 bits per heavy atom. The molecule has 5 heteroatoms. The molecular formula is C10H15N5. The normalized spacial score (nSPS) is 10.3. The topological polar surface area (TPSA) is 39.0 Å². The average Bonchev–Trinajstić information content (AvgIpc) is 2.57. The van der Waals surface area contributed by atoms with Crippen LogP contribution in [0.5, 0.6) is 0 Å². The van der Waals surface area contributed by atoms with Crippen LogP contribution in [0.3, 0.4) is 0 Å². The maximum Gasteiger partial charge on any atom is 0.252 e. The van der Waals surface area contributed by atoms with Crippen LogP contribution in [0.1, 0.15) is 0 Å². The molecule has 0 saturated carbocycles. The van der Waals surface area contributed by atoms with Crippen LogP contribution in [0.15, 0.2) is 11.2 Å². The Morgan fingerprint density at radius 3 is 2.53 bits per heavy atom. The van der Waals surface area contributed by atoms with E-state index in [4.69, 9.17) is 6.57 Å². The first-order chi connectivity index (χ1) is 7.06. The van der Waals surface area contributed by atoms with Gasteiger partial charge in [0.1, 0.15) is 5.82 Å². The van der Waals surface area contributed by atoms with E-state index in [1.165, 1.54) is 0 Å². The molecule has 1 aromatic rings. The summed E-state index contributed by atoms with van der Waals surface area (Å²) in [5.41, 5.74) is 1.41. The first kappa shape index (κ1) is 11.1. The molecule has 80 valence electrons. The summed E-state index contributed by atoms with van der Waals surface area (Å²) in [5.74, 6) is 0.599. The van der Waals surface area contributed by atoms with Crippen molar-refractivity contribution in [3.05, 3.63) is 17.6 Å². The van der Waals surface area contributed by atoms with Crippen molar-refractivity contribution in [3.63, 3.8) is 0 Å². The van der Waals surface area contributed by atoms with E-state index < -0.39 is 0 Å². The maximum absolute atomic E-state index is 7.11. The van der Waals surface area contributed by atoms with Gasteiger partial charge in [-0.2, -0.15) is 0 Å². The minimum atomic E-state index is 0.554. The standard InChI is InChI=1S/C10H15N5/c1-11-9-8(15(4)5)6-12-10(9)13-7-14(2)3/h6-7,12H,2-5H3/b13-7+. The number of H-pyrrole nitrogens is 1. The Labute approximate surface area is 89.8 Å². The highest BCUT2D eigenvalue weighted by Gasteiger charge is 2.11. The molecule has 5 nitrogen and oxygen atoms in total. The van der Waals surface area contributed by atoms with Crippen molar-refractivity contribution in [1.29, 1.82) is 0 Å². The quantitative estimate of drug-likeness (QED) is 0.464. The third kappa shape index (κ3) is 2.50. The molecule has 1 N–H and O–H groups in total. The summed E-state index contributed by atoms with van der Waals surface area (Å²) >= 11 is 0. The Morgan fingerprint density at radius 2 is 2.07 bits per heavy atom. The molecule has 15 heavy (non-hydrogen) atoms. The van der Waals surface area contributed by atoms with E-state index in [-0.39, 0.29) is 0 Å². The number of rotatable bonds is 3. The van der Waals surface area contributed by atoms with Gasteiger partial charge in [-0.25, -0.2) is 9.84 Å². The van der Waals surface area contributed by atoms with Crippen molar-refractivity contribution >= 4 is 23.5 Å². The second-order valence-corrected chi connectivity index (χ2v) is 3.59. The molecule has 1 rings (SSSR count). The number of aromatic amines is 1. The highest BCUT2D eigenvalue weighted by Crippen LogP contribution is 2.36. The fraction of sp³-hybridized carbons (Fsp3) is 0.400. The number of nitrogens with one attached hydrogen (secondary N) is 1. The summed E-state index contributed by atoms with van der Waals surface area (Å²) in [7, 11) is 7.57. The Kier molecular flexibility index (Phi) is 3.34. The van der Waals surface area contributed by atoms with E-state index in [0.717, 1.165) is 5.69 Å². The lowest BCUT2D eigenvalue weighted by molar-refractivity contribution is 0.643. The smallest absolute Gasteiger partial charge is 0.252 e. The van der Waals surface area contributed by atoms with Crippen LogP contribution >= 0.6 is 0 Å². The largest absolute Gasteiger partial charge is 0.385 e. The minimum Gasteiger partial charge on any atom is -0.385 e. The summed E-state index contributed by atoms with van der Waals surface area (Å²) < 4.78 is 0. The third-order valence-electron chi connectivity index (χ3n) is 1.82. The van der Waals surface area contributed by atoms with Crippen LogP contribution in [0.2, 0.25) is 0 Å². The van der Waals surface area contributed by atoms with Crippen LogP contribution < -0.4 is 4.90 Å². The molecule has 0 spiro atoms. The van der Waals surface area contributed by atoms with Crippen molar-refractivity contribution < 1.29 is 0 Å². The van der Waals surface area contributed by atoms with E-state index in [1.807, 2.05) is 38.0 Å². The van der Waals surface area contributed by atoms with Gasteiger partial charge in [-0.3, -0.25) is 0 Å². The van der Waals surface area contributed by atoms with E-state index in [2.05, 4.69) is 14.8 Å². The van der Waals surface area contributed by atoms with Crippen molar-refractivity contribution in [2.45, 2.75) is 0 Å². The zero-order chi connectivity index (χ0) is 11.4. The van der Waals surface area contributed by atoms with Crippen LogP contribution in [0, 0.1) is 6.57 Å². The van der Waals surface area contributed by atoms with Crippen LogP contribution in [0.25, 0.3) is 4.85 Å². The third-order valence-corrected chi connectivity index (χ3v) is 1.82. The van der Waals surface area contributed by atoms with Crippen molar-refractivity contribution in [2.24, 2.45) is 4.99 Å². The molecule has 0 bridgehead atoms. The molecule has 0 atom stereocenters. The monoisotopic (exact) mass is 205 g/mol. The van der Waals surface area contributed by atoms with Gasteiger partial charge in [-0.05, 0) is 0 Å². The molecular weight excluding hydrogens is 190 g/mol. The van der Waals surface area contributed by atoms with Crippen LogP contribution in [-0.4, -0.2) is 44.4 Å². The molecule has 1 aromatic heterocycles. The van der Waals surface area contributed by atoms with Gasteiger partial charge in [0.2, 0.25) is 0 Å². The lowest BCUT2D eigenvalue weighted by Crippen LogP contribution is -2.07. The first-order valence-electron chi connectivity index (χ1n) is 4.53. The van der Waals surface area contributed by atoms with Gasteiger partial charge in [0.05, 0.1) is 18.6 Å². The van der Waals surface area contributed by atoms with Gasteiger partial charge in [-0.1, -0.05) is 0 Å². The van der Waals surface area contributed by atoms with Gasteiger partial charge in [-0.15, -0.1) is 0 Å². The lowest BCUT2D eigenvalue weighted by atomic mass is 10.4. The number of anilines is 1. The highest BCUT2D eigenvalue weighted by atomic mass is 15.1. The average molecular weight is 205 g/mol. The number of hydrogen-bond donors (Lipinski definition) is 1. The van der Waals surface area contributed by atoms with Gasteiger partial charge < -0.3 is 14.8 Å². The molecule has 0 unspecified atom stereocenters. The predicted octanol–water partition coefficient (Wildman–Crippen LogP) is 1.85. The maximum atomic E-state index is 7.11. The van der Waals surface area contributed by atoms with Crippen molar-refractivity contribution in [3.8, 4) is 0 Å². The van der Waals surface area contributed by atoms with Gasteiger partial charge in [0.25, 0.3) is 5.69 Å². The molecule has 0 fully saturated rings. The zero-order valence-corrected chi connectivity index (χ0v) is 9.44. The number of hydrogen-bond acceptors (Lipinski definition) is 2. The van der Waals surface area contributed by atoms with Gasteiger partial charge >= 0.3 is 0 Å². The molecule has 0 radical (unpaired) electrons. The summed E-state index contributed by atoms with van der Waals surface area (Å²) in [5, 5.41) is 0.